The first-order valence-corrected chi connectivity index (χ1v) is 8.17. The van der Waals surface area contributed by atoms with Crippen LogP contribution in [0.25, 0.3) is 0 Å². The van der Waals surface area contributed by atoms with Gasteiger partial charge in [0.05, 0.1) is 11.5 Å². The molecule has 1 aliphatic rings. The second-order valence-corrected chi connectivity index (χ2v) is 6.96. The number of hydrogen-bond acceptors (Lipinski definition) is 4. The highest BCUT2D eigenvalue weighted by Crippen LogP contribution is 2.20. The molecule has 0 bridgehead atoms. The molecule has 0 spiro atoms. The summed E-state index contributed by atoms with van der Waals surface area (Å²) in [4.78, 5) is 11.3. The molecule has 1 heterocycles. The fourth-order valence-corrected chi connectivity index (χ4v) is 3.75. The summed E-state index contributed by atoms with van der Waals surface area (Å²) in [6.45, 7) is 1.79. The van der Waals surface area contributed by atoms with E-state index in [0.29, 0.717) is 12.8 Å². The Kier molecular flexibility index (Phi) is 4.09. The normalized spacial score (nSPS) is 21.0. The fourth-order valence-electron chi connectivity index (χ4n) is 2.08. The Labute approximate surface area is 113 Å². The third kappa shape index (κ3) is 3.96. The van der Waals surface area contributed by atoms with Crippen LogP contribution < -0.4 is 10.6 Å². The van der Waals surface area contributed by atoms with Crippen LogP contribution in [0.4, 0.5) is 11.4 Å². The minimum atomic E-state index is -2.88. The molecule has 6 heteroatoms. The molecule has 2 rings (SSSR count). The summed E-state index contributed by atoms with van der Waals surface area (Å²) in [6, 6.07) is 7.29. The third-order valence-electron chi connectivity index (χ3n) is 3.07. The Hall–Kier alpha value is -1.56. The maximum atomic E-state index is 11.4. The van der Waals surface area contributed by atoms with Crippen LogP contribution >= 0.6 is 0 Å². The zero-order chi connectivity index (χ0) is 13.9. The van der Waals surface area contributed by atoms with Crippen molar-refractivity contribution in [2.75, 3.05) is 22.1 Å². The summed E-state index contributed by atoms with van der Waals surface area (Å²) in [5, 5.41) is 5.97. The number of carbonyl (C=O) groups excluding carboxylic acids is 1. The van der Waals surface area contributed by atoms with E-state index in [1.54, 1.807) is 6.92 Å². The molecule has 1 atom stereocenters. The van der Waals surface area contributed by atoms with Gasteiger partial charge in [-0.3, -0.25) is 4.79 Å². The van der Waals surface area contributed by atoms with E-state index >= 15 is 0 Å². The van der Waals surface area contributed by atoms with Gasteiger partial charge in [0, 0.05) is 23.8 Å². The second kappa shape index (κ2) is 5.61. The molecule has 1 aromatic carbocycles. The van der Waals surface area contributed by atoms with E-state index in [1.165, 1.54) is 0 Å². The fraction of sp³-hybridized carbons (Fsp3) is 0.462. The Bertz CT molecular complexity index is 569. The average Bonchev–Trinajstić information content (AvgIpc) is 2.69. The molecule has 19 heavy (non-hydrogen) atoms. The summed E-state index contributed by atoms with van der Waals surface area (Å²) in [5.41, 5.74) is 1.55. The van der Waals surface area contributed by atoms with Gasteiger partial charge < -0.3 is 10.6 Å². The van der Waals surface area contributed by atoms with Gasteiger partial charge in [-0.05, 0) is 24.6 Å². The van der Waals surface area contributed by atoms with Crippen molar-refractivity contribution < 1.29 is 13.2 Å². The molecule has 0 radical (unpaired) electrons. The summed E-state index contributed by atoms with van der Waals surface area (Å²) < 4.78 is 22.8. The summed E-state index contributed by atoms with van der Waals surface area (Å²) >= 11 is 0. The second-order valence-electron chi connectivity index (χ2n) is 4.73. The molecule has 0 aliphatic carbocycles. The highest BCUT2D eigenvalue weighted by Gasteiger charge is 2.27. The maximum absolute atomic E-state index is 11.4. The van der Waals surface area contributed by atoms with Crippen LogP contribution in [0.3, 0.4) is 0 Å². The van der Waals surface area contributed by atoms with Crippen LogP contribution in [-0.2, 0) is 14.6 Å². The average molecular weight is 282 g/mol. The molecule has 1 aromatic rings. The number of carbonyl (C=O) groups is 1. The van der Waals surface area contributed by atoms with Gasteiger partial charge in [0.1, 0.15) is 0 Å². The van der Waals surface area contributed by atoms with Crippen LogP contribution in [-0.4, -0.2) is 31.9 Å². The molecule has 0 saturated carbocycles. The van der Waals surface area contributed by atoms with Gasteiger partial charge in [0.25, 0.3) is 0 Å². The number of benzene rings is 1. The van der Waals surface area contributed by atoms with Gasteiger partial charge in [-0.1, -0.05) is 13.0 Å². The van der Waals surface area contributed by atoms with Gasteiger partial charge >= 0.3 is 0 Å². The lowest BCUT2D eigenvalue weighted by molar-refractivity contribution is -0.115. The van der Waals surface area contributed by atoms with E-state index in [-0.39, 0.29) is 23.5 Å². The van der Waals surface area contributed by atoms with Gasteiger partial charge in [0.15, 0.2) is 9.84 Å². The van der Waals surface area contributed by atoms with Crippen LogP contribution in [0.5, 0.6) is 0 Å². The predicted molar refractivity (Wildman–Crippen MR) is 76.0 cm³/mol. The highest BCUT2D eigenvalue weighted by molar-refractivity contribution is 7.91. The summed E-state index contributed by atoms with van der Waals surface area (Å²) in [5.74, 6) is 0.385. The Morgan fingerprint density at radius 2 is 2.11 bits per heavy atom. The van der Waals surface area contributed by atoms with Crippen molar-refractivity contribution in [1.82, 2.24) is 0 Å². The van der Waals surface area contributed by atoms with Crippen molar-refractivity contribution in [1.29, 1.82) is 0 Å². The van der Waals surface area contributed by atoms with Crippen molar-refractivity contribution >= 4 is 27.1 Å². The topological polar surface area (TPSA) is 75.3 Å². The first kappa shape index (κ1) is 13.9. The molecule has 1 aliphatic heterocycles. The minimum Gasteiger partial charge on any atom is -0.381 e. The molecule has 1 amide bonds. The van der Waals surface area contributed by atoms with Crippen LogP contribution in [0.15, 0.2) is 24.3 Å². The highest BCUT2D eigenvalue weighted by atomic mass is 32.2. The van der Waals surface area contributed by atoms with Gasteiger partial charge in [-0.25, -0.2) is 8.42 Å². The van der Waals surface area contributed by atoms with Crippen molar-refractivity contribution in [2.45, 2.75) is 25.8 Å². The van der Waals surface area contributed by atoms with Crippen molar-refractivity contribution in [3.05, 3.63) is 24.3 Å². The Balaban J connectivity index is 2.01. The van der Waals surface area contributed by atoms with Crippen molar-refractivity contribution in [2.24, 2.45) is 0 Å². The standard InChI is InChI=1S/C13H18N2O3S/c1-2-13(16)15-11-5-3-4-10(8-11)14-12-6-7-19(17,18)9-12/h3-5,8,12,14H,2,6-7,9H2,1H3,(H,15,16). The largest absolute Gasteiger partial charge is 0.381 e. The molecule has 2 N–H and O–H groups in total. The van der Waals surface area contributed by atoms with Gasteiger partial charge in [-0.15, -0.1) is 0 Å². The van der Waals surface area contributed by atoms with Crippen molar-refractivity contribution in [3.63, 3.8) is 0 Å². The maximum Gasteiger partial charge on any atom is 0.224 e. The summed E-state index contributed by atoms with van der Waals surface area (Å²) in [6.07, 6.45) is 1.06. The predicted octanol–water partition coefficient (Wildman–Crippen LogP) is 1.63. The summed E-state index contributed by atoms with van der Waals surface area (Å²) in [7, 11) is -2.88. The SMILES string of the molecule is CCC(=O)Nc1cccc(NC2CCS(=O)(=O)C2)c1. The minimum absolute atomic E-state index is 0.0397. The van der Waals surface area contributed by atoms with Gasteiger partial charge in [-0.2, -0.15) is 0 Å². The number of rotatable bonds is 4. The zero-order valence-corrected chi connectivity index (χ0v) is 11.7. The zero-order valence-electron chi connectivity index (χ0n) is 10.8. The first-order chi connectivity index (χ1) is 8.98. The van der Waals surface area contributed by atoms with Crippen molar-refractivity contribution in [3.8, 4) is 0 Å². The van der Waals surface area contributed by atoms with Gasteiger partial charge in [0.2, 0.25) is 5.91 Å². The molecule has 1 unspecified atom stereocenters. The van der Waals surface area contributed by atoms with E-state index in [0.717, 1.165) is 11.4 Å². The van der Waals surface area contributed by atoms with E-state index in [2.05, 4.69) is 10.6 Å². The van der Waals surface area contributed by atoms with E-state index in [9.17, 15) is 13.2 Å². The molecular weight excluding hydrogens is 264 g/mol. The van der Waals surface area contributed by atoms with E-state index < -0.39 is 9.84 Å². The lowest BCUT2D eigenvalue weighted by atomic mass is 10.2. The van der Waals surface area contributed by atoms with E-state index in [1.807, 2.05) is 24.3 Å². The van der Waals surface area contributed by atoms with Crippen LogP contribution in [0, 0.1) is 0 Å². The molecule has 5 nitrogen and oxygen atoms in total. The Morgan fingerprint density at radius 3 is 2.74 bits per heavy atom. The smallest absolute Gasteiger partial charge is 0.224 e. The lowest BCUT2D eigenvalue weighted by Gasteiger charge is -2.13. The number of nitrogens with one attached hydrogen (secondary N) is 2. The number of anilines is 2. The third-order valence-corrected chi connectivity index (χ3v) is 4.84. The first-order valence-electron chi connectivity index (χ1n) is 6.35. The lowest BCUT2D eigenvalue weighted by Crippen LogP contribution is -2.20. The molecule has 104 valence electrons. The number of hydrogen-bond donors (Lipinski definition) is 2. The van der Waals surface area contributed by atoms with Crippen LogP contribution in [0.1, 0.15) is 19.8 Å². The molecule has 1 fully saturated rings. The molecular formula is C13H18N2O3S. The monoisotopic (exact) mass is 282 g/mol. The molecule has 1 saturated heterocycles. The van der Waals surface area contributed by atoms with E-state index in [4.69, 9.17) is 0 Å². The molecule has 0 aromatic heterocycles. The Morgan fingerprint density at radius 1 is 1.37 bits per heavy atom. The number of sulfone groups is 1. The van der Waals surface area contributed by atoms with Crippen LogP contribution in [0.2, 0.25) is 0 Å². The number of amides is 1. The quantitative estimate of drug-likeness (QED) is 0.880.